The predicted octanol–water partition coefficient (Wildman–Crippen LogP) is -1.67. The van der Waals surface area contributed by atoms with Crippen LogP contribution in [0.25, 0.3) is 0 Å². The maximum absolute atomic E-state index is 13.3. The molecular formula is C6H8FNO5. The minimum atomic E-state index is -2.76. The van der Waals surface area contributed by atoms with Crippen LogP contribution in [0, 0.1) is 0 Å². The van der Waals surface area contributed by atoms with E-state index in [-0.39, 0.29) is 0 Å². The Labute approximate surface area is 71.8 Å². The van der Waals surface area contributed by atoms with Crippen LogP contribution in [0.1, 0.15) is 6.42 Å². The van der Waals surface area contributed by atoms with Gasteiger partial charge in [-0.2, -0.15) is 0 Å². The van der Waals surface area contributed by atoms with E-state index in [1.165, 1.54) is 0 Å². The molecule has 0 amide bonds. The van der Waals surface area contributed by atoms with Crippen LogP contribution in [0.15, 0.2) is 0 Å². The second-order valence-electron chi connectivity index (χ2n) is 3.06. The molecule has 0 heterocycles. The highest BCUT2D eigenvalue weighted by molar-refractivity contribution is 5.89. The molecule has 1 fully saturated rings. The van der Waals surface area contributed by atoms with E-state index < -0.39 is 35.7 Å². The zero-order valence-electron chi connectivity index (χ0n) is 6.40. The average molecular weight is 193 g/mol. The van der Waals surface area contributed by atoms with Crippen molar-refractivity contribution < 1.29 is 29.3 Å². The van der Waals surface area contributed by atoms with Crippen LogP contribution in [-0.4, -0.2) is 44.6 Å². The van der Waals surface area contributed by atoms with Gasteiger partial charge in [-0.05, 0) is 0 Å². The summed E-state index contributed by atoms with van der Waals surface area (Å²) in [4.78, 5) is 20.5. The molecule has 0 spiro atoms. The molecule has 0 saturated heterocycles. The normalized spacial score (nSPS) is 39.6. The smallest absolute Gasteiger partial charge is 0.336 e. The molecule has 1 aliphatic carbocycles. The molecule has 0 aromatic rings. The highest BCUT2D eigenvalue weighted by atomic mass is 19.1. The lowest BCUT2D eigenvalue weighted by molar-refractivity contribution is -0.153. The summed E-state index contributed by atoms with van der Waals surface area (Å²) >= 11 is 0. The van der Waals surface area contributed by atoms with E-state index in [2.05, 4.69) is 0 Å². The monoisotopic (exact) mass is 193 g/mol. The lowest BCUT2D eigenvalue weighted by Crippen LogP contribution is -2.48. The second-order valence-corrected chi connectivity index (χ2v) is 3.06. The number of halogens is 1. The predicted molar refractivity (Wildman–Crippen MR) is 36.7 cm³/mol. The molecular weight excluding hydrogens is 185 g/mol. The molecule has 0 aromatic carbocycles. The fraction of sp³-hybridized carbons (Fsp3) is 0.667. The van der Waals surface area contributed by atoms with E-state index in [4.69, 9.17) is 21.1 Å². The van der Waals surface area contributed by atoms with E-state index in [1.54, 1.807) is 0 Å². The molecule has 3 atom stereocenters. The maximum atomic E-state index is 13.3. The van der Waals surface area contributed by atoms with Crippen molar-refractivity contribution in [1.82, 2.24) is 0 Å². The number of hydrogen-bond acceptors (Lipinski definition) is 4. The number of hydrogen-bond donors (Lipinski definition) is 4. The molecule has 7 heteroatoms. The van der Waals surface area contributed by atoms with Crippen molar-refractivity contribution in [3.63, 3.8) is 0 Å². The third-order valence-corrected chi connectivity index (χ3v) is 2.20. The highest BCUT2D eigenvalue weighted by Crippen LogP contribution is 2.52. The van der Waals surface area contributed by atoms with Crippen molar-refractivity contribution in [3.8, 4) is 0 Å². The van der Waals surface area contributed by atoms with Crippen molar-refractivity contribution in [2.45, 2.75) is 23.7 Å². The zero-order valence-corrected chi connectivity index (χ0v) is 6.40. The van der Waals surface area contributed by atoms with Crippen molar-refractivity contribution in [3.05, 3.63) is 0 Å². The van der Waals surface area contributed by atoms with Crippen LogP contribution in [0.2, 0.25) is 0 Å². The van der Waals surface area contributed by atoms with E-state index in [0.717, 1.165) is 0 Å². The van der Waals surface area contributed by atoms with E-state index >= 15 is 0 Å². The lowest BCUT2D eigenvalue weighted by atomic mass is 10.1. The number of carboxylic acid groups (broad SMARTS) is 2. The van der Waals surface area contributed by atoms with Crippen LogP contribution in [-0.2, 0) is 9.59 Å². The summed E-state index contributed by atoms with van der Waals surface area (Å²) in [5, 5.41) is 25.4. The Morgan fingerprint density at radius 1 is 1.46 bits per heavy atom. The average Bonchev–Trinajstić information content (AvgIpc) is 2.56. The first-order valence-corrected chi connectivity index (χ1v) is 3.38. The Balaban J connectivity index is 2.86. The minimum Gasteiger partial charge on any atom is -0.480 e. The van der Waals surface area contributed by atoms with Gasteiger partial charge in [0.15, 0.2) is 17.3 Å². The van der Waals surface area contributed by atoms with E-state index in [0.29, 0.717) is 0 Å². The molecule has 1 saturated carbocycles. The molecule has 1 rings (SSSR count). The van der Waals surface area contributed by atoms with Crippen molar-refractivity contribution >= 4 is 11.9 Å². The molecule has 0 aliphatic heterocycles. The molecule has 5 N–H and O–H groups in total. The molecule has 1 aliphatic rings. The van der Waals surface area contributed by atoms with Gasteiger partial charge in [-0.25, -0.2) is 9.18 Å². The van der Waals surface area contributed by atoms with Gasteiger partial charge >= 0.3 is 11.9 Å². The van der Waals surface area contributed by atoms with Crippen molar-refractivity contribution in [2.24, 2.45) is 5.73 Å². The number of aliphatic carboxylic acids is 2. The molecule has 6 nitrogen and oxygen atoms in total. The van der Waals surface area contributed by atoms with Gasteiger partial charge in [0.1, 0.15) is 0 Å². The first-order chi connectivity index (χ1) is 5.75. The lowest BCUT2D eigenvalue weighted by Gasteiger charge is -2.14. The molecule has 74 valence electrons. The van der Waals surface area contributed by atoms with Crippen LogP contribution in [0.5, 0.6) is 0 Å². The molecule has 13 heavy (non-hydrogen) atoms. The van der Waals surface area contributed by atoms with E-state index in [9.17, 15) is 14.0 Å². The fourth-order valence-corrected chi connectivity index (χ4v) is 1.15. The van der Waals surface area contributed by atoms with Crippen LogP contribution in [0.3, 0.4) is 0 Å². The number of aliphatic hydroxyl groups is 1. The van der Waals surface area contributed by atoms with Crippen LogP contribution in [0.4, 0.5) is 4.39 Å². The number of alkyl halides is 1. The topological polar surface area (TPSA) is 121 Å². The minimum absolute atomic E-state index is 0.692. The number of aliphatic hydroxyl groups excluding tert-OH is 1. The summed E-state index contributed by atoms with van der Waals surface area (Å²) < 4.78 is 13.3. The zero-order chi connectivity index (χ0) is 10.4. The Kier molecular flexibility index (Phi) is 1.82. The van der Waals surface area contributed by atoms with Gasteiger partial charge in [-0.1, -0.05) is 0 Å². The largest absolute Gasteiger partial charge is 0.480 e. The van der Waals surface area contributed by atoms with Gasteiger partial charge in [0.25, 0.3) is 0 Å². The van der Waals surface area contributed by atoms with Gasteiger partial charge in [0.05, 0.1) is 0 Å². The Morgan fingerprint density at radius 2 is 1.92 bits per heavy atom. The number of rotatable bonds is 3. The highest BCUT2D eigenvalue weighted by Gasteiger charge is 2.77. The SMILES string of the molecule is N[C@]1(C(=O)O)C[C@@]1(F)C(O)C(=O)O. The molecule has 0 radical (unpaired) electrons. The molecule has 1 unspecified atom stereocenters. The number of nitrogens with two attached hydrogens (primary N) is 1. The third-order valence-electron chi connectivity index (χ3n) is 2.20. The Morgan fingerprint density at radius 3 is 2.15 bits per heavy atom. The molecule has 0 aromatic heterocycles. The summed E-state index contributed by atoms with van der Waals surface area (Å²) in [6.45, 7) is 0. The fourth-order valence-electron chi connectivity index (χ4n) is 1.15. The maximum Gasteiger partial charge on any atom is 0.336 e. The van der Waals surface area contributed by atoms with Gasteiger partial charge in [0.2, 0.25) is 0 Å². The van der Waals surface area contributed by atoms with Crippen LogP contribution < -0.4 is 5.73 Å². The van der Waals surface area contributed by atoms with Crippen molar-refractivity contribution in [1.29, 1.82) is 0 Å². The second kappa shape index (κ2) is 2.39. The number of carbonyl (C=O) groups is 2. The van der Waals surface area contributed by atoms with Crippen molar-refractivity contribution in [2.75, 3.05) is 0 Å². The van der Waals surface area contributed by atoms with Gasteiger partial charge in [0, 0.05) is 6.42 Å². The van der Waals surface area contributed by atoms with Gasteiger partial charge < -0.3 is 21.1 Å². The number of carboxylic acids is 2. The summed E-state index contributed by atoms with van der Waals surface area (Å²) in [5.41, 5.74) is -0.0236. The summed E-state index contributed by atoms with van der Waals surface area (Å²) in [6.07, 6.45) is -3.09. The van der Waals surface area contributed by atoms with E-state index in [1.807, 2.05) is 0 Å². The third kappa shape index (κ3) is 1.08. The first kappa shape index (κ1) is 9.87. The van der Waals surface area contributed by atoms with Crippen LogP contribution >= 0.6 is 0 Å². The Hall–Kier alpha value is -1.21. The summed E-state index contributed by atoms with van der Waals surface area (Å²) in [7, 11) is 0. The standard InChI is InChI=1S/C6H8FNO5/c7-5(2(9)3(10)11)1-6(5,8)4(12)13/h2,9H,1,8H2,(H,10,11)(H,12,13)/t2?,5-,6+/m1/s1. The summed E-state index contributed by atoms with van der Waals surface area (Å²) in [6, 6.07) is 0. The van der Waals surface area contributed by atoms with Gasteiger partial charge in [-0.3, -0.25) is 4.79 Å². The molecule has 0 bridgehead atoms. The Bertz CT molecular complexity index is 282. The first-order valence-electron chi connectivity index (χ1n) is 3.38. The van der Waals surface area contributed by atoms with Gasteiger partial charge in [-0.15, -0.1) is 0 Å². The quantitative estimate of drug-likeness (QED) is 0.425. The summed E-state index contributed by atoms with van der Waals surface area (Å²) in [5.74, 6) is -3.48.